The highest BCUT2D eigenvalue weighted by Crippen LogP contribution is 2.47. The number of hydrogen-bond acceptors (Lipinski definition) is 4. The first kappa shape index (κ1) is 31.6. The third kappa shape index (κ3) is 10.7. The molecule has 1 aliphatic heterocycles. The van der Waals surface area contributed by atoms with Gasteiger partial charge in [-0.3, -0.25) is 4.79 Å². The van der Waals surface area contributed by atoms with Crippen molar-refractivity contribution in [3.05, 3.63) is 35.6 Å². The summed E-state index contributed by atoms with van der Waals surface area (Å²) >= 11 is 0. The smallest absolute Gasteiger partial charge is 0.303 e. The molecule has 0 aromatic carbocycles. The summed E-state index contributed by atoms with van der Waals surface area (Å²) in [7, 11) is 0. The van der Waals surface area contributed by atoms with Gasteiger partial charge in [0.05, 0.1) is 0 Å². The Hall–Kier alpha value is -2.43. The number of aliphatic hydroxyl groups is 1. The molecule has 0 bridgehead atoms. The molecule has 0 amide bonds. The summed E-state index contributed by atoms with van der Waals surface area (Å²) in [5.74, 6) is 5.63. The molecular formula is C32H49NO3. The van der Waals surface area contributed by atoms with Gasteiger partial charge in [-0.1, -0.05) is 31.4 Å². The minimum Gasteiger partial charge on any atom is -0.458 e. The van der Waals surface area contributed by atoms with Crippen LogP contribution in [-0.2, 0) is 9.53 Å². The molecule has 3 aliphatic rings. The minimum absolute atomic E-state index is 0.143. The van der Waals surface area contributed by atoms with E-state index in [1.807, 2.05) is 0 Å². The average molecular weight is 496 g/mol. The molecule has 1 unspecified atom stereocenters. The highest BCUT2D eigenvalue weighted by atomic mass is 16.5. The van der Waals surface area contributed by atoms with Crippen LogP contribution in [0.15, 0.2) is 35.6 Å². The van der Waals surface area contributed by atoms with Gasteiger partial charge in [-0.15, -0.1) is 12.8 Å². The van der Waals surface area contributed by atoms with Crippen molar-refractivity contribution in [3.63, 3.8) is 0 Å². The number of hydrogen-bond donors (Lipinski definition) is 1. The van der Waals surface area contributed by atoms with Gasteiger partial charge < -0.3 is 14.7 Å². The van der Waals surface area contributed by atoms with Crippen LogP contribution < -0.4 is 0 Å². The van der Waals surface area contributed by atoms with Gasteiger partial charge in [-0.05, 0) is 109 Å². The maximum atomic E-state index is 11.2. The zero-order chi connectivity index (χ0) is 27.6. The van der Waals surface area contributed by atoms with Gasteiger partial charge in [0, 0.05) is 31.1 Å². The molecule has 4 nitrogen and oxygen atoms in total. The fraction of sp³-hybridized carbons (Fsp3) is 0.656. The predicted octanol–water partition coefficient (Wildman–Crippen LogP) is 6.95. The van der Waals surface area contributed by atoms with Crippen molar-refractivity contribution in [1.29, 1.82) is 0 Å². The van der Waals surface area contributed by atoms with Crippen LogP contribution in [0.25, 0.3) is 0 Å². The van der Waals surface area contributed by atoms with Crippen LogP contribution in [-0.4, -0.2) is 39.8 Å². The highest BCUT2D eigenvalue weighted by molar-refractivity contribution is 5.66. The highest BCUT2D eigenvalue weighted by Gasteiger charge is 2.36. The predicted molar refractivity (Wildman–Crippen MR) is 151 cm³/mol. The Morgan fingerprint density at radius 2 is 1.83 bits per heavy atom. The van der Waals surface area contributed by atoms with Gasteiger partial charge in [0.15, 0.2) is 0 Å². The second-order valence-electron chi connectivity index (χ2n) is 11.6. The van der Waals surface area contributed by atoms with Crippen LogP contribution in [0.3, 0.4) is 0 Å². The number of piperidine rings is 1. The van der Waals surface area contributed by atoms with Crippen LogP contribution in [0.5, 0.6) is 0 Å². The summed E-state index contributed by atoms with van der Waals surface area (Å²) in [5, 5.41) is 9.26. The van der Waals surface area contributed by atoms with Crippen molar-refractivity contribution in [3.8, 4) is 24.7 Å². The van der Waals surface area contributed by atoms with E-state index >= 15 is 0 Å². The summed E-state index contributed by atoms with van der Waals surface area (Å²) in [4.78, 5) is 13.7. The average Bonchev–Trinajstić information content (AvgIpc) is 3.51. The first-order valence-corrected chi connectivity index (χ1v) is 13.4. The number of carbonyl (C=O) groups is 1. The van der Waals surface area contributed by atoms with Gasteiger partial charge in [0.25, 0.3) is 0 Å². The first-order valence-electron chi connectivity index (χ1n) is 13.4. The molecule has 3 rings (SSSR count). The van der Waals surface area contributed by atoms with E-state index in [2.05, 4.69) is 76.0 Å². The van der Waals surface area contributed by atoms with Crippen LogP contribution in [0, 0.1) is 30.1 Å². The lowest BCUT2D eigenvalue weighted by atomic mass is 9.86. The van der Waals surface area contributed by atoms with Crippen LogP contribution in [0.4, 0.5) is 0 Å². The molecule has 0 radical (unpaired) electrons. The maximum absolute atomic E-state index is 11.2. The van der Waals surface area contributed by atoms with Crippen molar-refractivity contribution < 1.29 is 14.6 Å². The Morgan fingerprint density at radius 3 is 2.36 bits per heavy atom. The molecule has 2 aliphatic carbocycles. The molecule has 2 saturated carbocycles. The lowest BCUT2D eigenvalue weighted by Gasteiger charge is -2.45. The van der Waals surface area contributed by atoms with Crippen LogP contribution in [0.2, 0.25) is 0 Å². The third-order valence-electron chi connectivity index (χ3n) is 7.13. The molecule has 36 heavy (non-hydrogen) atoms. The number of ether oxygens (including phenoxy) is 1. The molecular weight excluding hydrogens is 446 g/mol. The van der Waals surface area contributed by atoms with Crippen LogP contribution in [0.1, 0.15) is 106 Å². The standard InChI is InChI=1S/C20H31NO2.C10H16O.C2H2/c1-6-21-18(10-8-14-20(21,4)5)13-12-17-9-7-11-19(15(17)2)23-16(3)22;1-9(2,11)5-4-6-10(3)7-8-10;1-2/h12-13,19H,2,6-11,14H2,1,3-5H3;11H,6-8H2,1-3H3;1-2H/b17-12-,18-13+;;. The second kappa shape index (κ2) is 13.8. The van der Waals surface area contributed by atoms with E-state index in [4.69, 9.17) is 4.74 Å². The molecule has 3 fully saturated rings. The SMILES string of the molecule is C#C.C=C1/C(=C\C=C2/CCCC(C)(C)N2CC)CCCC1OC(C)=O.CC(C)(O)C#CCC1(C)CC1. The summed E-state index contributed by atoms with van der Waals surface area (Å²) < 4.78 is 5.39. The van der Waals surface area contributed by atoms with Crippen LogP contribution >= 0.6 is 0 Å². The van der Waals surface area contributed by atoms with E-state index in [0.717, 1.165) is 44.2 Å². The zero-order valence-electron chi connectivity index (χ0n) is 23.9. The number of esters is 1. The molecule has 1 N–H and O–H groups in total. The molecule has 0 aromatic rings. The lowest BCUT2D eigenvalue weighted by molar-refractivity contribution is -0.145. The zero-order valence-corrected chi connectivity index (χ0v) is 23.9. The van der Waals surface area contributed by atoms with Gasteiger partial charge in [-0.2, -0.15) is 0 Å². The monoisotopic (exact) mass is 495 g/mol. The second-order valence-corrected chi connectivity index (χ2v) is 11.6. The van der Waals surface area contributed by atoms with E-state index in [0.29, 0.717) is 5.41 Å². The Labute approximate surface area is 221 Å². The molecule has 1 saturated heterocycles. The van der Waals surface area contributed by atoms with Crippen molar-refractivity contribution in [2.75, 3.05) is 6.54 Å². The van der Waals surface area contributed by atoms with Crippen molar-refractivity contribution in [2.45, 2.75) is 123 Å². The molecule has 4 heteroatoms. The molecule has 0 aromatic heterocycles. The van der Waals surface area contributed by atoms with Gasteiger partial charge in [0.2, 0.25) is 0 Å². The van der Waals surface area contributed by atoms with Crippen molar-refractivity contribution >= 4 is 5.97 Å². The van der Waals surface area contributed by atoms with E-state index < -0.39 is 5.60 Å². The van der Waals surface area contributed by atoms with E-state index in [1.165, 1.54) is 43.9 Å². The largest absolute Gasteiger partial charge is 0.458 e. The Bertz CT molecular complexity index is 897. The Balaban J connectivity index is 0.000000417. The molecule has 1 heterocycles. The Kier molecular flexibility index (Phi) is 12.1. The van der Waals surface area contributed by atoms with E-state index in [-0.39, 0.29) is 17.6 Å². The molecule has 0 spiro atoms. The maximum Gasteiger partial charge on any atom is 0.303 e. The summed E-state index contributed by atoms with van der Waals surface area (Å²) in [6.45, 7) is 19.2. The summed E-state index contributed by atoms with van der Waals surface area (Å²) in [5.41, 5.74) is 3.53. The van der Waals surface area contributed by atoms with E-state index in [9.17, 15) is 9.90 Å². The number of terminal acetylenes is 1. The molecule has 1 atom stereocenters. The number of rotatable bonds is 4. The minimum atomic E-state index is -0.814. The van der Waals surface area contributed by atoms with E-state index in [1.54, 1.807) is 13.8 Å². The van der Waals surface area contributed by atoms with Crippen molar-refractivity contribution in [1.82, 2.24) is 4.90 Å². The van der Waals surface area contributed by atoms with Gasteiger partial charge >= 0.3 is 5.97 Å². The number of allylic oxidation sites excluding steroid dienone is 3. The number of carbonyl (C=O) groups excluding carboxylic acids is 1. The topological polar surface area (TPSA) is 49.8 Å². The quantitative estimate of drug-likeness (QED) is 0.338. The summed E-state index contributed by atoms with van der Waals surface area (Å²) in [6.07, 6.45) is 22.5. The summed E-state index contributed by atoms with van der Waals surface area (Å²) in [6, 6.07) is 0. The normalized spacial score (nSPS) is 24.3. The fourth-order valence-corrected chi connectivity index (χ4v) is 4.77. The number of nitrogens with zero attached hydrogens (tertiary/aromatic N) is 1. The first-order chi connectivity index (χ1) is 16.8. The molecule has 200 valence electrons. The number of likely N-dealkylation sites (tertiary alicyclic amines) is 1. The Morgan fingerprint density at radius 1 is 1.19 bits per heavy atom. The fourth-order valence-electron chi connectivity index (χ4n) is 4.77. The van der Waals surface area contributed by atoms with Gasteiger partial charge in [-0.25, -0.2) is 0 Å². The van der Waals surface area contributed by atoms with Gasteiger partial charge in [0.1, 0.15) is 11.7 Å². The lowest BCUT2D eigenvalue weighted by Crippen LogP contribution is -2.45. The third-order valence-corrected chi connectivity index (χ3v) is 7.13. The van der Waals surface area contributed by atoms with Crippen molar-refractivity contribution in [2.24, 2.45) is 5.41 Å².